The first kappa shape index (κ1) is 16.4. The van der Waals surface area contributed by atoms with Crippen LogP contribution in [0.15, 0.2) is 54.6 Å². The Bertz CT molecular complexity index is 1040. The molecule has 0 spiro atoms. The van der Waals surface area contributed by atoms with E-state index in [4.69, 9.17) is 0 Å². The summed E-state index contributed by atoms with van der Waals surface area (Å²) < 4.78 is 0. The van der Waals surface area contributed by atoms with E-state index in [1.807, 2.05) is 13.0 Å². The molecule has 2 N–H and O–H groups in total. The minimum Gasteiger partial charge on any atom is -0.385 e. The zero-order valence-corrected chi connectivity index (χ0v) is 15.6. The zero-order chi connectivity index (χ0) is 18.4. The van der Waals surface area contributed by atoms with Crippen molar-refractivity contribution in [3.8, 4) is 0 Å². The third-order valence-electron chi connectivity index (χ3n) is 6.04. The fraction of sp³-hybridized carbons (Fsp3) is 0.292. The summed E-state index contributed by atoms with van der Waals surface area (Å²) in [5.74, 6) is 0.0353. The van der Waals surface area contributed by atoms with Crippen LogP contribution in [0.2, 0.25) is 0 Å². The Hall–Kier alpha value is -2.81. The summed E-state index contributed by atoms with van der Waals surface area (Å²) in [7, 11) is 0. The lowest BCUT2D eigenvalue weighted by atomic mass is 9.95. The van der Waals surface area contributed by atoms with E-state index in [0.29, 0.717) is 0 Å². The van der Waals surface area contributed by atoms with Crippen molar-refractivity contribution in [1.82, 2.24) is 5.32 Å². The number of benzene rings is 3. The lowest BCUT2D eigenvalue weighted by Gasteiger charge is -2.23. The first-order valence-electron chi connectivity index (χ1n) is 9.84. The van der Waals surface area contributed by atoms with Gasteiger partial charge in [0.1, 0.15) is 0 Å². The molecule has 3 aromatic carbocycles. The van der Waals surface area contributed by atoms with Gasteiger partial charge in [-0.2, -0.15) is 0 Å². The molecule has 0 bridgehead atoms. The standard InChI is InChI=1S/C24H24N2O/c1-16-14-18-8-5-13-25-22(18)15-20(16)23(27)26-24(11-12-24)21-10-4-7-17-6-2-3-9-19(17)21/h2-4,6-7,9-10,14-15,25H,5,8,11-13H2,1H3,(H,26,27). The molecule has 5 rings (SSSR count). The molecule has 136 valence electrons. The molecule has 1 fully saturated rings. The molecule has 0 atom stereocenters. The topological polar surface area (TPSA) is 41.1 Å². The molecule has 3 aromatic rings. The molecule has 0 unspecified atom stereocenters. The second-order valence-electron chi connectivity index (χ2n) is 7.92. The van der Waals surface area contributed by atoms with Crippen LogP contribution >= 0.6 is 0 Å². The molecule has 3 nitrogen and oxygen atoms in total. The van der Waals surface area contributed by atoms with Gasteiger partial charge in [0.2, 0.25) is 0 Å². The zero-order valence-electron chi connectivity index (χ0n) is 15.6. The molecule has 0 saturated heterocycles. The second-order valence-corrected chi connectivity index (χ2v) is 7.92. The van der Waals surface area contributed by atoms with Crippen LogP contribution in [0.3, 0.4) is 0 Å². The number of aryl methyl sites for hydroxylation is 2. The van der Waals surface area contributed by atoms with Crippen molar-refractivity contribution >= 4 is 22.4 Å². The average Bonchev–Trinajstić information content (AvgIpc) is 3.47. The monoisotopic (exact) mass is 356 g/mol. The molecule has 27 heavy (non-hydrogen) atoms. The molecule has 1 aliphatic carbocycles. The maximum atomic E-state index is 13.2. The minimum atomic E-state index is -0.228. The Kier molecular flexibility index (Phi) is 3.71. The van der Waals surface area contributed by atoms with E-state index in [0.717, 1.165) is 49.0 Å². The van der Waals surface area contributed by atoms with Crippen molar-refractivity contribution in [3.05, 3.63) is 76.9 Å². The molecule has 1 saturated carbocycles. The summed E-state index contributed by atoms with van der Waals surface area (Å²) in [5, 5.41) is 9.28. The van der Waals surface area contributed by atoms with Crippen LogP contribution in [0.5, 0.6) is 0 Å². The average molecular weight is 356 g/mol. The normalized spacial score (nSPS) is 17.1. The van der Waals surface area contributed by atoms with Crippen molar-refractivity contribution in [3.63, 3.8) is 0 Å². The van der Waals surface area contributed by atoms with Crippen molar-refractivity contribution in [2.75, 3.05) is 11.9 Å². The van der Waals surface area contributed by atoms with Crippen molar-refractivity contribution in [2.45, 2.75) is 38.1 Å². The summed E-state index contributed by atoms with van der Waals surface area (Å²) >= 11 is 0. The van der Waals surface area contributed by atoms with Gasteiger partial charge in [-0.15, -0.1) is 0 Å². The largest absolute Gasteiger partial charge is 0.385 e. The van der Waals surface area contributed by atoms with E-state index in [1.165, 1.54) is 21.9 Å². The highest BCUT2D eigenvalue weighted by Crippen LogP contribution is 2.48. The number of nitrogens with one attached hydrogen (secondary N) is 2. The Morgan fingerprint density at radius 1 is 1.07 bits per heavy atom. The third-order valence-corrected chi connectivity index (χ3v) is 6.04. The van der Waals surface area contributed by atoms with Crippen LogP contribution in [0.25, 0.3) is 10.8 Å². The van der Waals surface area contributed by atoms with Crippen LogP contribution in [0.4, 0.5) is 5.69 Å². The lowest BCUT2D eigenvalue weighted by molar-refractivity contribution is 0.0930. The van der Waals surface area contributed by atoms with Gasteiger partial charge in [-0.05, 0) is 66.1 Å². The van der Waals surface area contributed by atoms with E-state index in [1.54, 1.807) is 0 Å². The van der Waals surface area contributed by atoms with Gasteiger partial charge in [0, 0.05) is 17.8 Å². The number of rotatable bonds is 3. The van der Waals surface area contributed by atoms with E-state index in [9.17, 15) is 4.79 Å². The van der Waals surface area contributed by atoms with Crippen LogP contribution in [-0.4, -0.2) is 12.5 Å². The molecule has 0 radical (unpaired) electrons. The van der Waals surface area contributed by atoms with Gasteiger partial charge in [-0.3, -0.25) is 4.79 Å². The van der Waals surface area contributed by atoms with Crippen LogP contribution in [-0.2, 0) is 12.0 Å². The summed E-state index contributed by atoms with van der Waals surface area (Å²) in [6.07, 6.45) is 4.23. The number of carbonyl (C=O) groups excluding carboxylic acids is 1. The molecule has 1 amide bonds. The maximum Gasteiger partial charge on any atom is 0.252 e. The summed E-state index contributed by atoms with van der Waals surface area (Å²) in [6, 6.07) is 19.0. The molecular weight excluding hydrogens is 332 g/mol. The molecule has 2 aliphatic rings. The number of anilines is 1. The fourth-order valence-corrected chi connectivity index (χ4v) is 4.40. The number of hydrogen-bond acceptors (Lipinski definition) is 2. The van der Waals surface area contributed by atoms with Crippen LogP contribution in [0.1, 0.15) is 46.3 Å². The predicted molar refractivity (Wildman–Crippen MR) is 110 cm³/mol. The third kappa shape index (κ3) is 2.78. The van der Waals surface area contributed by atoms with Gasteiger partial charge in [0.15, 0.2) is 0 Å². The van der Waals surface area contributed by atoms with Gasteiger partial charge < -0.3 is 10.6 Å². The fourth-order valence-electron chi connectivity index (χ4n) is 4.40. The van der Waals surface area contributed by atoms with Gasteiger partial charge >= 0.3 is 0 Å². The molecule has 1 aliphatic heterocycles. The van der Waals surface area contributed by atoms with E-state index in [-0.39, 0.29) is 11.4 Å². The van der Waals surface area contributed by atoms with E-state index >= 15 is 0 Å². The highest BCUT2D eigenvalue weighted by Gasteiger charge is 2.46. The Balaban J connectivity index is 1.49. The smallest absolute Gasteiger partial charge is 0.252 e. The Labute approximate surface area is 159 Å². The first-order chi connectivity index (χ1) is 13.2. The van der Waals surface area contributed by atoms with E-state index < -0.39 is 0 Å². The summed E-state index contributed by atoms with van der Waals surface area (Å²) in [4.78, 5) is 13.2. The van der Waals surface area contributed by atoms with Crippen molar-refractivity contribution in [1.29, 1.82) is 0 Å². The number of amides is 1. The van der Waals surface area contributed by atoms with Gasteiger partial charge in [-0.25, -0.2) is 0 Å². The van der Waals surface area contributed by atoms with Crippen LogP contribution < -0.4 is 10.6 Å². The van der Waals surface area contributed by atoms with Gasteiger partial charge in [-0.1, -0.05) is 48.5 Å². The minimum absolute atomic E-state index is 0.0353. The number of hydrogen-bond donors (Lipinski definition) is 2. The highest BCUT2D eigenvalue weighted by atomic mass is 16.1. The van der Waals surface area contributed by atoms with Gasteiger partial charge in [0.25, 0.3) is 5.91 Å². The number of carbonyl (C=O) groups is 1. The van der Waals surface area contributed by atoms with Gasteiger partial charge in [0.05, 0.1) is 5.54 Å². The summed E-state index contributed by atoms with van der Waals surface area (Å²) in [5.41, 5.74) is 5.30. The molecular formula is C24H24N2O. The second kappa shape index (κ2) is 6.12. The Morgan fingerprint density at radius 2 is 1.89 bits per heavy atom. The number of fused-ring (bicyclic) bond motifs is 2. The van der Waals surface area contributed by atoms with Crippen molar-refractivity contribution in [2.24, 2.45) is 0 Å². The predicted octanol–water partition coefficient (Wildman–Crippen LogP) is 4.93. The highest BCUT2D eigenvalue weighted by molar-refractivity contribution is 5.98. The maximum absolute atomic E-state index is 13.2. The van der Waals surface area contributed by atoms with E-state index in [2.05, 4.69) is 59.2 Å². The Morgan fingerprint density at radius 3 is 2.74 bits per heavy atom. The van der Waals surface area contributed by atoms with Crippen molar-refractivity contribution < 1.29 is 4.79 Å². The quantitative estimate of drug-likeness (QED) is 0.699. The molecule has 3 heteroatoms. The first-order valence-corrected chi connectivity index (χ1v) is 9.84. The van der Waals surface area contributed by atoms with Crippen LogP contribution in [0, 0.1) is 6.92 Å². The summed E-state index contributed by atoms with van der Waals surface area (Å²) in [6.45, 7) is 3.03. The SMILES string of the molecule is Cc1cc2c(cc1C(=O)NC1(c3cccc4ccccc34)CC1)NCCC2. The molecule has 0 aromatic heterocycles. The lowest BCUT2D eigenvalue weighted by Crippen LogP contribution is -2.35. The molecule has 1 heterocycles.